The van der Waals surface area contributed by atoms with Crippen LogP contribution in [0, 0.1) is 0 Å². The van der Waals surface area contributed by atoms with E-state index in [-0.39, 0.29) is 0 Å². The number of ether oxygens (including phenoxy) is 1. The van der Waals surface area contributed by atoms with Gasteiger partial charge in [-0.3, -0.25) is 0 Å². The first kappa shape index (κ1) is 9.39. The van der Waals surface area contributed by atoms with Gasteiger partial charge in [0.25, 0.3) is 0 Å². The van der Waals surface area contributed by atoms with Gasteiger partial charge in [0, 0.05) is 31.2 Å². The van der Waals surface area contributed by atoms with Crippen molar-refractivity contribution in [2.75, 3.05) is 13.2 Å². The average molecular weight is 170 g/mol. The summed E-state index contributed by atoms with van der Waals surface area (Å²) in [5.41, 5.74) is 6.58. The number of allylic oxidation sites excluding steroid dienone is 1. The first-order valence-corrected chi connectivity index (χ1v) is 4.61. The van der Waals surface area contributed by atoms with E-state index < -0.39 is 0 Å². The first-order valence-electron chi connectivity index (χ1n) is 4.61. The SMILES string of the molecule is CC/C(N)=C/NC1CCOCC1. The van der Waals surface area contributed by atoms with Gasteiger partial charge in [-0.1, -0.05) is 6.92 Å². The van der Waals surface area contributed by atoms with Gasteiger partial charge in [-0.05, 0) is 19.3 Å². The lowest BCUT2D eigenvalue weighted by Gasteiger charge is -2.22. The fourth-order valence-electron chi connectivity index (χ4n) is 1.19. The van der Waals surface area contributed by atoms with Crippen LogP contribution in [0.25, 0.3) is 0 Å². The molecule has 3 N–H and O–H groups in total. The maximum Gasteiger partial charge on any atom is 0.0485 e. The molecule has 0 aromatic rings. The molecule has 0 aromatic heterocycles. The van der Waals surface area contributed by atoms with E-state index in [0.29, 0.717) is 6.04 Å². The molecule has 1 rings (SSSR count). The lowest BCUT2D eigenvalue weighted by atomic mass is 10.1. The highest BCUT2D eigenvalue weighted by atomic mass is 16.5. The molecule has 0 amide bonds. The van der Waals surface area contributed by atoms with Crippen LogP contribution < -0.4 is 11.1 Å². The van der Waals surface area contributed by atoms with Crippen molar-refractivity contribution in [3.05, 3.63) is 11.9 Å². The zero-order valence-corrected chi connectivity index (χ0v) is 7.68. The molecule has 3 nitrogen and oxygen atoms in total. The van der Waals surface area contributed by atoms with Gasteiger partial charge < -0.3 is 15.8 Å². The van der Waals surface area contributed by atoms with E-state index in [1.54, 1.807) is 0 Å². The molecule has 1 saturated heterocycles. The van der Waals surface area contributed by atoms with Gasteiger partial charge in [0.1, 0.15) is 0 Å². The standard InChI is InChI=1S/C9H18N2O/c1-2-8(10)7-11-9-3-5-12-6-4-9/h7,9,11H,2-6,10H2,1H3/b8-7-. The Bertz CT molecular complexity index is 151. The predicted octanol–water partition coefficient (Wildman–Crippen LogP) is 0.965. The summed E-state index contributed by atoms with van der Waals surface area (Å²) in [6, 6.07) is 0.559. The van der Waals surface area contributed by atoms with E-state index in [9.17, 15) is 0 Å². The minimum absolute atomic E-state index is 0.559. The molecule has 0 aliphatic carbocycles. The van der Waals surface area contributed by atoms with Crippen LogP contribution in [0.3, 0.4) is 0 Å². The predicted molar refractivity (Wildman–Crippen MR) is 49.5 cm³/mol. The Morgan fingerprint density at radius 3 is 2.83 bits per heavy atom. The number of nitrogens with two attached hydrogens (primary N) is 1. The van der Waals surface area contributed by atoms with E-state index >= 15 is 0 Å². The molecule has 1 aliphatic rings. The van der Waals surface area contributed by atoms with Gasteiger partial charge in [0.2, 0.25) is 0 Å². The highest BCUT2D eigenvalue weighted by Gasteiger charge is 2.10. The van der Waals surface area contributed by atoms with Crippen molar-refractivity contribution in [3.8, 4) is 0 Å². The zero-order chi connectivity index (χ0) is 8.81. The molecular formula is C9H18N2O. The third-order valence-corrected chi connectivity index (χ3v) is 2.13. The van der Waals surface area contributed by atoms with Crippen LogP contribution in [0.4, 0.5) is 0 Å². The quantitative estimate of drug-likeness (QED) is 0.663. The number of rotatable bonds is 3. The Kier molecular flexibility index (Phi) is 3.94. The number of hydrogen-bond acceptors (Lipinski definition) is 3. The van der Waals surface area contributed by atoms with Crippen molar-refractivity contribution < 1.29 is 4.74 Å². The van der Waals surface area contributed by atoms with Crippen molar-refractivity contribution in [1.82, 2.24) is 5.32 Å². The molecule has 3 heteroatoms. The molecule has 0 unspecified atom stereocenters. The monoisotopic (exact) mass is 170 g/mol. The van der Waals surface area contributed by atoms with Crippen molar-refractivity contribution in [2.45, 2.75) is 32.2 Å². The van der Waals surface area contributed by atoms with Crippen molar-refractivity contribution >= 4 is 0 Å². The summed E-state index contributed by atoms with van der Waals surface area (Å²) in [5.74, 6) is 0. The second kappa shape index (κ2) is 5.04. The normalized spacial score (nSPS) is 20.9. The largest absolute Gasteiger partial charge is 0.401 e. The van der Waals surface area contributed by atoms with Gasteiger partial charge >= 0.3 is 0 Å². The molecular weight excluding hydrogens is 152 g/mol. The third-order valence-electron chi connectivity index (χ3n) is 2.13. The fourth-order valence-corrected chi connectivity index (χ4v) is 1.19. The summed E-state index contributed by atoms with van der Waals surface area (Å²) in [6.07, 6.45) is 5.02. The summed E-state index contributed by atoms with van der Waals surface area (Å²) in [6.45, 7) is 3.80. The lowest BCUT2D eigenvalue weighted by molar-refractivity contribution is 0.0811. The van der Waals surface area contributed by atoms with E-state index in [1.165, 1.54) is 0 Å². The fraction of sp³-hybridized carbons (Fsp3) is 0.778. The maximum atomic E-state index is 5.66. The van der Waals surface area contributed by atoms with Crippen LogP contribution in [-0.2, 0) is 4.74 Å². The van der Waals surface area contributed by atoms with Crippen molar-refractivity contribution in [3.63, 3.8) is 0 Å². The van der Waals surface area contributed by atoms with Gasteiger partial charge in [0.15, 0.2) is 0 Å². The van der Waals surface area contributed by atoms with Gasteiger partial charge in [-0.2, -0.15) is 0 Å². The Morgan fingerprint density at radius 2 is 2.25 bits per heavy atom. The summed E-state index contributed by atoms with van der Waals surface area (Å²) in [5, 5.41) is 3.31. The molecule has 0 saturated carbocycles. The first-order chi connectivity index (χ1) is 5.83. The summed E-state index contributed by atoms with van der Waals surface area (Å²) < 4.78 is 5.24. The molecule has 1 heterocycles. The highest BCUT2D eigenvalue weighted by molar-refractivity contribution is 4.94. The molecule has 0 spiro atoms. The average Bonchev–Trinajstić information content (AvgIpc) is 2.16. The Balaban J connectivity index is 2.21. The smallest absolute Gasteiger partial charge is 0.0485 e. The zero-order valence-electron chi connectivity index (χ0n) is 7.68. The maximum absolute atomic E-state index is 5.66. The summed E-state index contributed by atoms with van der Waals surface area (Å²) in [4.78, 5) is 0. The molecule has 0 bridgehead atoms. The number of hydrogen-bond donors (Lipinski definition) is 2. The highest BCUT2D eigenvalue weighted by Crippen LogP contribution is 2.06. The van der Waals surface area contributed by atoms with Crippen molar-refractivity contribution in [1.29, 1.82) is 0 Å². The van der Waals surface area contributed by atoms with Gasteiger partial charge in [-0.15, -0.1) is 0 Å². The molecule has 1 fully saturated rings. The molecule has 0 atom stereocenters. The van der Waals surface area contributed by atoms with Crippen LogP contribution in [-0.4, -0.2) is 19.3 Å². The molecule has 0 radical (unpaired) electrons. The molecule has 70 valence electrons. The Morgan fingerprint density at radius 1 is 1.58 bits per heavy atom. The summed E-state index contributed by atoms with van der Waals surface area (Å²) in [7, 11) is 0. The molecule has 12 heavy (non-hydrogen) atoms. The number of nitrogens with one attached hydrogen (secondary N) is 1. The third kappa shape index (κ3) is 3.13. The Labute approximate surface area is 74.0 Å². The van der Waals surface area contributed by atoms with Crippen LogP contribution in [0.2, 0.25) is 0 Å². The molecule has 1 aliphatic heterocycles. The van der Waals surface area contributed by atoms with Crippen LogP contribution in [0.5, 0.6) is 0 Å². The van der Waals surface area contributed by atoms with E-state index in [2.05, 4.69) is 12.2 Å². The van der Waals surface area contributed by atoms with E-state index in [1.807, 2.05) is 6.20 Å². The van der Waals surface area contributed by atoms with E-state index in [4.69, 9.17) is 10.5 Å². The Hall–Kier alpha value is -0.700. The van der Waals surface area contributed by atoms with Crippen molar-refractivity contribution in [2.24, 2.45) is 5.73 Å². The minimum atomic E-state index is 0.559. The van der Waals surface area contributed by atoms with Crippen LogP contribution in [0.1, 0.15) is 26.2 Å². The lowest BCUT2D eigenvalue weighted by Crippen LogP contribution is -2.31. The van der Waals surface area contributed by atoms with Crippen LogP contribution in [0.15, 0.2) is 11.9 Å². The second-order valence-electron chi connectivity index (χ2n) is 3.13. The second-order valence-corrected chi connectivity index (χ2v) is 3.13. The molecule has 0 aromatic carbocycles. The minimum Gasteiger partial charge on any atom is -0.401 e. The van der Waals surface area contributed by atoms with Crippen LogP contribution >= 0.6 is 0 Å². The van der Waals surface area contributed by atoms with E-state index in [0.717, 1.165) is 38.2 Å². The summed E-state index contributed by atoms with van der Waals surface area (Å²) >= 11 is 0. The van der Waals surface area contributed by atoms with Gasteiger partial charge in [0.05, 0.1) is 0 Å². The topological polar surface area (TPSA) is 47.3 Å². The van der Waals surface area contributed by atoms with Gasteiger partial charge in [-0.25, -0.2) is 0 Å².